The largest absolute Gasteiger partial charge is 1.00 e. The number of benzene rings is 1. The summed E-state index contributed by atoms with van der Waals surface area (Å²) < 4.78 is 6.82. The fourth-order valence-electron chi connectivity index (χ4n) is 1.21. The van der Waals surface area contributed by atoms with Gasteiger partial charge in [0.1, 0.15) is 0 Å². The van der Waals surface area contributed by atoms with Crippen molar-refractivity contribution in [3.8, 4) is 11.6 Å². The Morgan fingerprint density at radius 3 is 2.47 bits per heavy atom. The highest BCUT2D eigenvalue weighted by Gasteiger charge is 2.07. The molecule has 1 aromatic heterocycles. The van der Waals surface area contributed by atoms with Crippen molar-refractivity contribution in [1.82, 2.24) is 5.10 Å². The van der Waals surface area contributed by atoms with Crippen molar-refractivity contribution in [2.45, 2.75) is 0 Å². The molecule has 0 bridgehead atoms. The third-order valence-corrected chi connectivity index (χ3v) is 1.90. The summed E-state index contributed by atoms with van der Waals surface area (Å²) in [7, 11) is 1.61. The summed E-state index contributed by atoms with van der Waals surface area (Å²) in [5, 5.41) is 4.26. The maximum atomic E-state index is 5.04. The number of para-hydroxylation sites is 1. The Kier molecular flexibility index (Phi) is 4.24. The lowest BCUT2D eigenvalue weighted by molar-refractivity contribution is -0.660. The highest BCUT2D eigenvalue weighted by Crippen LogP contribution is 2.01. The number of aromatic nitrogens is 2. The molecule has 4 heteroatoms. The third kappa shape index (κ3) is 2.76. The van der Waals surface area contributed by atoms with Crippen molar-refractivity contribution >= 4 is 0 Å². The monoisotopic (exact) mass is 266 g/mol. The number of hydrogen-bond acceptors (Lipinski definition) is 2. The summed E-state index contributed by atoms with van der Waals surface area (Å²) in [6.07, 6.45) is 1.89. The second-order valence-corrected chi connectivity index (χ2v) is 2.83. The van der Waals surface area contributed by atoms with Gasteiger partial charge in [-0.25, -0.2) is 0 Å². The molecule has 78 valence electrons. The Balaban J connectivity index is 0.00000112. The standard InChI is InChI=1S/C11H11N2O.BrH/c1-14-11-8-5-9-13(12-11)10-6-3-2-4-7-10;/h2-9H,1H3;1H/q+1;/p-1. The van der Waals surface area contributed by atoms with Gasteiger partial charge in [0.05, 0.1) is 7.11 Å². The van der Waals surface area contributed by atoms with Crippen LogP contribution < -0.4 is 26.4 Å². The first kappa shape index (κ1) is 11.7. The van der Waals surface area contributed by atoms with E-state index in [1.54, 1.807) is 11.8 Å². The van der Waals surface area contributed by atoms with Crippen LogP contribution in [-0.2, 0) is 0 Å². The van der Waals surface area contributed by atoms with Gasteiger partial charge >= 0.3 is 0 Å². The van der Waals surface area contributed by atoms with E-state index in [4.69, 9.17) is 4.74 Å². The van der Waals surface area contributed by atoms with Gasteiger partial charge in [-0.2, -0.15) is 0 Å². The van der Waals surface area contributed by atoms with Crippen LogP contribution in [0, 0.1) is 0 Å². The maximum Gasteiger partial charge on any atom is 0.279 e. The number of halogens is 1. The number of methoxy groups -OCH3 is 1. The molecule has 0 aliphatic heterocycles. The van der Waals surface area contributed by atoms with Crippen LogP contribution in [0.15, 0.2) is 48.7 Å². The molecule has 1 heterocycles. The molecule has 0 N–H and O–H groups in total. The summed E-state index contributed by atoms with van der Waals surface area (Å²) in [5.74, 6) is 0.608. The number of ether oxygens (including phenoxy) is 1. The van der Waals surface area contributed by atoms with E-state index in [0.717, 1.165) is 5.69 Å². The lowest BCUT2D eigenvalue weighted by Gasteiger charge is -1.95. The summed E-state index contributed by atoms with van der Waals surface area (Å²) in [6.45, 7) is 0. The van der Waals surface area contributed by atoms with Gasteiger partial charge in [-0.05, 0) is 4.68 Å². The third-order valence-electron chi connectivity index (χ3n) is 1.90. The molecule has 0 atom stereocenters. The molecule has 1 aromatic carbocycles. The molecule has 0 amide bonds. The van der Waals surface area contributed by atoms with Crippen molar-refractivity contribution in [3.05, 3.63) is 48.7 Å². The molecule has 0 aliphatic rings. The first-order valence-electron chi connectivity index (χ1n) is 4.38. The number of rotatable bonds is 2. The first-order chi connectivity index (χ1) is 6.90. The predicted octanol–water partition coefficient (Wildman–Crippen LogP) is -1.63. The van der Waals surface area contributed by atoms with Crippen LogP contribution in [0.4, 0.5) is 0 Å². The fraction of sp³-hybridized carbons (Fsp3) is 0.0909. The summed E-state index contributed by atoms with van der Waals surface area (Å²) in [4.78, 5) is 0. The van der Waals surface area contributed by atoms with E-state index in [1.807, 2.05) is 48.7 Å². The summed E-state index contributed by atoms with van der Waals surface area (Å²) in [5.41, 5.74) is 1.02. The first-order valence-corrected chi connectivity index (χ1v) is 4.38. The van der Waals surface area contributed by atoms with E-state index in [0.29, 0.717) is 5.88 Å². The van der Waals surface area contributed by atoms with Crippen LogP contribution >= 0.6 is 0 Å². The quantitative estimate of drug-likeness (QED) is 0.611. The fourth-order valence-corrected chi connectivity index (χ4v) is 1.21. The van der Waals surface area contributed by atoms with Gasteiger partial charge < -0.3 is 21.7 Å². The van der Waals surface area contributed by atoms with Crippen molar-refractivity contribution in [2.24, 2.45) is 0 Å². The van der Waals surface area contributed by atoms with Gasteiger partial charge in [0.25, 0.3) is 5.88 Å². The highest BCUT2D eigenvalue weighted by molar-refractivity contribution is 5.21. The average Bonchev–Trinajstić information content (AvgIpc) is 2.30. The van der Waals surface area contributed by atoms with E-state index >= 15 is 0 Å². The zero-order chi connectivity index (χ0) is 9.80. The molecule has 0 aliphatic carbocycles. The van der Waals surface area contributed by atoms with Crippen LogP contribution in [0.3, 0.4) is 0 Å². The normalized spacial score (nSPS) is 9.13. The maximum absolute atomic E-state index is 5.04. The molecule has 0 radical (unpaired) electrons. The van der Waals surface area contributed by atoms with Crippen molar-refractivity contribution < 1.29 is 26.4 Å². The smallest absolute Gasteiger partial charge is 0.279 e. The Bertz CT molecular complexity index is 420. The van der Waals surface area contributed by atoms with Gasteiger partial charge in [0, 0.05) is 29.4 Å². The van der Waals surface area contributed by atoms with E-state index < -0.39 is 0 Å². The van der Waals surface area contributed by atoms with Gasteiger partial charge in [-0.1, -0.05) is 18.2 Å². The Labute approximate surface area is 99.1 Å². The van der Waals surface area contributed by atoms with E-state index in [9.17, 15) is 0 Å². The van der Waals surface area contributed by atoms with Crippen LogP contribution in [0.25, 0.3) is 5.69 Å². The number of nitrogens with zero attached hydrogens (tertiary/aromatic N) is 2. The van der Waals surface area contributed by atoms with Gasteiger partial charge in [0.2, 0.25) is 11.9 Å². The molecule has 3 nitrogen and oxygen atoms in total. The van der Waals surface area contributed by atoms with Crippen LogP contribution in [-0.4, -0.2) is 12.2 Å². The van der Waals surface area contributed by atoms with Crippen molar-refractivity contribution in [2.75, 3.05) is 7.11 Å². The minimum Gasteiger partial charge on any atom is -1.00 e. The molecule has 0 unspecified atom stereocenters. The second-order valence-electron chi connectivity index (χ2n) is 2.83. The van der Waals surface area contributed by atoms with Gasteiger partial charge in [-0.15, -0.1) is 0 Å². The van der Waals surface area contributed by atoms with Crippen molar-refractivity contribution in [1.29, 1.82) is 0 Å². The van der Waals surface area contributed by atoms with Gasteiger partial charge in [0.15, 0.2) is 0 Å². The van der Waals surface area contributed by atoms with Gasteiger partial charge in [-0.3, -0.25) is 0 Å². The zero-order valence-corrected chi connectivity index (χ0v) is 9.89. The molecule has 0 fully saturated rings. The minimum atomic E-state index is 0. The Morgan fingerprint density at radius 1 is 1.07 bits per heavy atom. The van der Waals surface area contributed by atoms with E-state index in [1.165, 1.54) is 0 Å². The minimum absolute atomic E-state index is 0. The van der Waals surface area contributed by atoms with Crippen molar-refractivity contribution in [3.63, 3.8) is 0 Å². The van der Waals surface area contributed by atoms with Crippen LogP contribution in [0.1, 0.15) is 0 Å². The summed E-state index contributed by atoms with van der Waals surface area (Å²) in [6, 6.07) is 13.6. The van der Waals surface area contributed by atoms with E-state index in [2.05, 4.69) is 5.10 Å². The highest BCUT2D eigenvalue weighted by atomic mass is 79.9. The Morgan fingerprint density at radius 2 is 1.80 bits per heavy atom. The lowest BCUT2D eigenvalue weighted by Crippen LogP contribution is -3.00. The molecule has 2 rings (SSSR count). The molecular weight excluding hydrogens is 256 g/mol. The second kappa shape index (κ2) is 5.46. The molecule has 15 heavy (non-hydrogen) atoms. The SMILES string of the molecule is COc1ccc[n+](-c2ccccc2)n1.[Br-]. The molecule has 2 aromatic rings. The topological polar surface area (TPSA) is 26.0 Å². The molecule has 0 saturated carbocycles. The number of hydrogen-bond donors (Lipinski definition) is 0. The van der Waals surface area contributed by atoms with E-state index in [-0.39, 0.29) is 17.0 Å². The zero-order valence-electron chi connectivity index (χ0n) is 8.30. The summed E-state index contributed by atoms with van der Waals surface area (Å²) >= 11 is 0. The Hall–Kier alpha value is -1.42. The molecule has 0 saturated heterocycles. The lowest BCUT2D eigenvalue weighted by atomic mass is 10.3. The van der Waals surface area contributed by atoms with Crippen LogP contribution in [0.2, 0.25) is 0 Å². The molecule has 0 spiro atoms. The van der Waals surface area contributed by atoms with Crippen LogP contribution in [0.5, 0.6) is 5.88 Å². The predicted molar refractivity (Wildman–Crippen MR) is 52.3 cm³/mol. The molecular formula is C11H11BrN2O. The average molecular weight is 267 g/mol.